The molecule has 0 aromatic carbocycles. The minimum absolute atomic E-state index is 0.225. The van der Waals surface area contributed by atoms with Crippen molar-refractivity contribution in [2.24, 2.45) is 5.73 Å². The first-order valence-corrected chi connectivity index (χ1v) is 7.60. The van der Waals surface area contributed by atoms with Crippen LogP contribution >= 0.6 is 11.3 Å². The van der Waals surface area contributed by atoms with Gasteiger partial charge in [-0.3, -0.25) is 9.97 Å². The van der Waals surface area contributed by atoms with E-state index in [1.807, 2.05) is 6.92 Å². The highest BCUT2D eigenvalue weighted by atomic mass is 32.1. The van der Waals surface area contributed by atoms with Gasteiger partial charge in [0.25, 0.3) is 0 Å². The Morgan fingerprint density at radius 3 is 2.63 bits per heavy atom. The van der Waals surface area contributed by atoms with Crippen LogP contribution in [0.5, 0.6) is 0 Å². The zero-order chi connectivity index (χ0) is 13.3. The van der Waals surface area contributed by atoms with Crippen LogP contribution in [0.1, 0.15) is 42.8 Å². The summed E-state index contributed by atoms with van der Waals surface area (Å²) in [7, 11) is 0. The zero-order valence-corrected chi connectivity index (χ0v) is 11.9. The van der Waals surface area contributed by atoms with Crippen molar-refractivity contribution in [1.82, 2.24) is 15.0 Å². The minimum Gasteiger partial charge on any atom is -0.319 e. The normalized spacial score (nSPS) is 18.4. The van der Waals surface area contributed by atoms with Crippen LogP contribution in [0.25, 0.3) is 11.4 Å². The molecule has 5 heteroatoms. The van der Waals surface area contributed by atoms with Crippen LogP contribution in [-0.4, -0.2) is 15.0 Å². The van der Waals surface area contributed by atoms with E-state index in [0.717, 1.165) is 34.9 Å². The summed E-state index contributed by atoms with van der Waals surface area (Å²) in [6.45, 7) is 1.96. The maximum absolute atomic E-state index is 6.52. The summed E-state index contributed by atoms with van der Waals surface area (Å²) in [5.74, 6) is 0. The molecule has 19 heavy (non-hydrogen) atoms. The Hall–Kier alpha value is -1.33. The molecule has 0 unspecified atom stereocenters. The maximum atomic E-state index is 6.52. The fourth-order valence-corrected chi connectivity index (χ4v) is 3.64. The van der Waals surface area contributed by atoms with Gasteiger partial charge in [0.05, 0.1) is 11.2 Å². The van der Waals surface area contributed by atoms with Crippen LogP contribution in [-0.2, 0) is 5.54 Å². The van der Waals surface area contributed by atoms with Crippen molar-refractivity contribution in [3.8, 4) is 11.4 Å². The zero-order valence-electron chi connectivity index (χ0n) is 11.1. The second-order valence-electron chi connectivity index (χ2n) is 5.25. The Balaban J connectivity index is 1.93. The second-order valence-corrected chi connectivity index (χ2v) is 6.10. The molecule has 1 aliphatic rings. The SMILES string of the molecule is Cc1nccnc1-c1csc(C2(N)CCCCC2)n1. The average Bonchev–Trinajstić information content (AvgIpc) is 2.90. The molecular formula is C14H18N4S. The first-order valence-electron chi connectivity index (χ1n) is 6.72. The van der Waals surface area contributed by atoms with E-state index >= 15 is 0 Å². The van der Waals surface area contributed by atoms with Crippen molar-refractivity contribution >= 4 is 11.3 Å². The lowest BCUT2D eigenvalue weighted by molar-refractivity contribution is 0.301. The van der Waals surface area contributed by atoms with E-state index in [2.05, 4.69) is 15.3 Å². The van der Waals surface area contributed by atoms with Gasteiger partial charge in [-0.15, -0.1) is 11.3 Å². The number of nitrogens with two attached hydrogens (primary N) is 1. The van der Waals surface area contributed by atoms with Crippen molar-refractivity contribution < 1.29 is 0 Å². The molecule has 0 radical (unpaired) electrons. The number of thiazole rings is 1. The Kier molecular flexibility index (Phi) is 3.33. The van der Waals surface area contributed by atoms with E-state index in [-0.39, 0.29) is 5.54 Å². The van der Waals surface area contributed by atoms with Crippen LogP contribution in [0.15, 0.2) is 17.8 Å². The molecule has 0 bridgehead atoms. The molecule has 2 aromatic heterocycles. The highest BCUT2D eigenvalue weighted by molar-refractivity contribution is 7.10. The predicted octanol–water partition coefficient (Wildman–Crippen LogP) is 3.03. The predicted molar refractivity (Wildman–Crippen MR) is 76.8 cm³/mol. The number of aromatic nitrogens is 3. The van der Waals surface area contributed by atoms with E-state index in [9.17, 15) is 0 Å². The van der Waals surface area contributed by atoms with E-state index < -0.39 is 0 Å². The standard InChI is InChI=1S/C14H18N4S/c1-10-12(17-8-7-16-10)11-9-19-13(18-11)14(15)5-3-2-4-6-14/h7-9H,2-6,15H2,1H3. The summed E-state index contributed by atoms with van der Waals surface area (Å²) in [6.07, 6.45) is 9.20. The van der Waals surface area contributed by atoms with Crippen molar-refractivity contribution in [1.29, 1.82) is 0 Å². The summed E-state index contributed by atoms with van der Waals surface area (Å²) in [4.78, 5) is 13.4. The van der Waals surface area contributed by atoms with Gasteiger partial charge in [0, 0.05) is 17.8 Å². The van der Waals surface area contributed by atoms with Crippen LogP contribution in [0.4, 0.5) is 0 Å². The highest BCUT2D eigenvalue weighted by Gasteiger charge is 2.32. The first-order chi connectivity index (χ1) is 9.19. The van der Waals surface area contributed by atoms with Crippen molar-refractivity contribution in [3.05, 3.63) is 28.5 Å². The lowest BCUT2D eigenvalue weighted by Crippen LogP contribution is -2.38. The molecule has 4 nitrogen and oxygen atoms in total. The minimum atomic E-state index is -0.225. The maximum Gasteiger partial charge on any atom is 0.113 e. The molecule has 100 valence electrons. The number of hydrogen-bond acceptors (Lipinski definition) is 5. The molecule has 3 rings (SSSR count). The third-order valence-electron chi connectivity index (χ3n) is 3.80. The molecule has 0 saturated heterocycles. The monoisotopic (exact) mass is 274 g/mol. The van der Waals surface area contributed by atoms with Crippen molar-refractivity contribution in [2.75, 3.05) is 0 Å². The number of nitrogens with zero attached hydrogens (tertiary/aromatic N) is 3. The molecule has 0 amide bonds. The van der Waals surface area contributed by atoms with E-state index in [1.54, 1.807) is 23.7 Å². The Labute approximate surface area is 117 Å². The van der Waals surface area contributed by atoms with Gasteiger partial charge >= 0.3 is 0 Å². The van der Waals surface area contributed by atoms with Gasteiger partial charge in [-0.2, -0.15) is 0 Å². The molecule has 0 spiro atoms. The Bertz CT molecular complexity index is 572. The largest absolute Gasteiger partial charge is 0.319 e. The smallest absolute Gasteiger partial charge is 0.113 e. The van der Waals surface area contributed by atoms with Gasteiger partial charge in [-0.05, 0) is 19.8 Å². The molecule has 0 aliphatic heterocycles. The van der Waals surface area contributed by atoms with Crippen molar-refractivity contribution in [3.63, 3.8) is 0 Å². The Morgan fingerprint density at radius 1 is 1.16 bits per heavy atom. The lowest BCUT2D eigenvalue weighted by Gasteiger charge is -2.31. The molecule has 0 atom stereocenters. The molecule has 1 saturated carbocycles. The van der Waals surface area contributed by atoms with Gasteiger partial charge in [0.1, 0.15) is 16.4 Å². The van der Waals surface area contributed by atoms with Crippen LogP contribution in [0.2, 0.25) is 0 Å². The number of rotatable bonds is 2. The fraction of sp³-hybridized carbons (Fsp3) is 0.500. The third kappa shape index (κ3) is 2.40. The van der Waals surface area contributed by atoms with Gasteiger partial charge in [-0.25, -0.2) is 4.98 Å². The quantitative estimate of drug-likeness (QED) is 0.914. The molecule has 1 fully saturated rings. The van der Waals surface area contributed by atoms with Crippen LogP contribution in [0.3, 0.4) is 0 Å². The van der Waals surface area contributed by atoms with E-state index in [0.29, 0.717) is 0 Å². The van der Waals surface area contributed by atoms with E-state index in [1.165, 1.54) is 19.3 Å². The molecule has 1 aliphatic carbocycles. The van der Waals surface area contributed by atoms with Crippen LogP contribution in [0, 0.1) is 6.92 Å². The first kappa shape index (κ1) is 12.7. The highest BCUT2D eigenvalue weighted by Crippen LogP contribution is 2.37. The summed E-state index contributed by atoms with van der Waals surface area (Å²) in [5, 5.41) is 3.10. The van der Waals surface area contributed by atoms with Gasteiger partial charge in [0.15, 0.2) is 0 Å². The van der Waals surface area contributed by atoms with Gasteiger partial charge < -0.3 is 5.73 Å². The topological polar surface area (TPSA) is 64.7 Å². The van der Waals surface area contributed by atoms with Crippen LogP contribution < -0.4 is 5.73 Å². The lowest BCUT2D eigenvalue weighted by atomic mass is 9.83. The van der Waals surface area contributed by atoms with Gasteiger partial charge in [-0.1, -0.05) is 19.3 Å². The van der Waals surface area contributed by atoms with Crippen molar-refractivity contribution in [2.45, 2.75) is 44.6 Å². The summed E-state index contributed by atoms with van der Waals surface area (Å²) >= 11 is 1.65. The molecule has 2 aromatic rings. The van der Waals surface area contributed by atoms with Gasteiger partial charge in [0.2, 0.25) is 0 Å². The molecule has 2 heterocycles. The third-order valence-corrected chi connectivity index (χ3v) is 4.86. The summed E-state index contributed by atoms with van der Waals surface area (Å²) in [6, 6.07) is 0. The summed E-state index contributed by atoms with van der Waals surface area (Å²) in [5.41, 5.74) is 8.98. The number of hydrogen-bond donors (Lipinski definition) is 1. The van der Waals surface area contributed by atoms with E-state index in [4.69, 9.17) is 10.7 Å². The fourth-order valence-electron chi connectivity index (χ4n) is 2.67. The molecular weight excluding hydrogens is 256 g/mol. The average molecular weight is 274 g/mol. The number of aryl methyl sites for hydroxylation is 1. The molecule has 2 N–H and O–H groups in total. The Morgan fingerprint density at radius 2 is 1.89 bits per heavy atom. The summed E-state index contributed by atoms with van der Waals surface area (Å²) < 4.78 is 0. The second kappa shape index (κ2) is 4.98.